The van der Waals surface area contributed by atoms with Crippen molar-refractivity contribution in [3.8, 4) is 0 Å². The number of benzene rings is 2. The standard InChI is InChI=1S/C23H26FN3O/c1-15(2)20(11-12-21(25)16-5-8-18(24)9-6-16)23(28)27-19-10-7-17-4-3-13-26-22(17)14-19/h5-12,14-15,26H,3-4,13,25H2,1-2H3,(H,27,28)/b20-11+,21-12-. The number of hydrogen-bond donors (Lipinski definition) is 3. The minimum atomic E-state index is -0.311. The molecule has 0 saturated carbocycles. The van der Waals surface area contributed by atoms with Gasteiger partial charge in [0.25, 0.3) is 5.91 Å². The summed E-state index contributed by atoms with van der Waals surface area (Å²) < 4.78 is 13.1. The molecule has 4 nitrogen and oxygen atoms in total. The average Bonchev–Trinajstić information content (AvgIpc) is 2.68. The van der Waals surface area contributed by atoms with E-state index in [4.69, 9.17) is 5.73 Å². The van der Waals surface area contributed by atoms with Crippen molar-refractivity contribution in [3.05, 3.63) is 77.1 Å². The molecule has 0 aliphatic carbocycles. The van der Waals surface area contributed by atoms with Gasteiger partial charge in [0.05, 0.1) is 0 Å². The maximum Gasteiger partial charge on any atom is 0.251 e. The highest BCUT2D eigenvalue weighted by Crippen LogP contribution is 2.26. The van der Waals surface area contributed by atoms with E-state index < -0.39 is 0 Å². The van der Waals surface area contributed by atoms with Crippen molar-refractivity contribution in [3.63, 3.8) is 0 Å². The van der Waals surface area contributed by atoms with E-state index in [1.807, 2.05) is 26.0 Å². The molecule has 5 heteroatoms. The van der Waals surface area contributed by atoms with Gasteiger partial charge >= 0.3 is 0 Å². The Morgan fingerprint density at radius 1 is 1.18 bits per heavy atom. The molecular formula is C23H26FN3O. The van der Waals surface area contributed by atoms with E-state index in [-0.39, 0.29) is 17.6 Å². The molecule has 1 aliphatic heterocycles. The van der Waals surface area contributed by atoms with E-state index in [9.17, 15) is 9.18 Å². The Balaban J connectivity index is 1.77. The van der Waals surface area contributed by atoms with Crippen molar-refractivity contribution in [1.29, 1.82) is 0 Å². The minimum Gasteiger partial charge on any atom is -0.398 e. The lowest BCUT2D eigenvalue weighted by atomic mass is 10.0. The maximum absolute atomic E-state index is 13.1. The van der Waals surface area contributed by atoms with Gasteiger partial charge in [-0.3, -0.25) is 4.79 Å². The van der Waals surface area contributed by atoms with E-state index >= 15 is 0 Å². The zero-order valence-electron chi connectivity index (χ0n) is 16.3. The molecular weight excluding hydrogens is 353 g/mol. The number of hydrogen-bond acceptors (Lipinski definition) is 3. The van der Waals surface area contributed by atoms with Crippen LogP contribution in [-0.4, -0.2) is 12.5 Å². The fourth-order valence-electron chi connectivity index (χ4n) is 3.19. The first-order valence-electron chi connectivity index (χ1n) is 9.55. The summed E-state index contributed by atoms with van der Waals surface area (Å²) in [6.07, 6.45) is 5.60. The summed E-state index contributed by atoms with van der Waals surface area (Å²) >= 11 is 0. The molecule has 2 aromatic carbocycles. The number of fused-ring (bicyclic) bond motifs is 1. The molecule has 28 heavy (non-hydrogen) atoms. The Kier molecular flexibility index (Phi) is 6.14. The van der Waals surface area contributed by atoms with E-state index in [1.165, 1.54) is 17.7 Å². The SMILES string of the molecule is CC(C)/C(=C\C=C(/N)c1ccc(F)cc1)C(=O)Nc1ccc2c(c1)NCCC2. The minimum absolute atomic E-state index is 0.0213. The number of anilines is 2. The molecule has 146 valence electrons. The van der Waals surface area contributed by atoms with Crippen molar-refractivity contribution >= 4 is 23.0 Å². The predicted octanol–water partition coefficient (Wildman–Crippen LogP) is 4.70. The van der Waals surface area contributed by atoms with Crippen LogP contribution in [-0.2, 0) is 11.2 Å². The summed E-state index contributed by atoms with van der Waals surface area (Å²) in [6.45, 7) is 4.87. The third-order valence-electron chi connectivity index (χ3n) is 4.81. The number of halogens is 1. The zero-order chi connectivity index (χ0) is 20.1. The molecule has 0 unspecified atom stereocenters. The van der Waals surface area contributed by atoms with Gasteiger partial charge in [-0.05, 0) is 60.2 Å². The first kappa shape index (κ1) is 19.7. The predicted molar refractivity (Wildman–Crippen MR) is 113 cm³/mol. The second-order valence-electron chi connectivity index (χ2n) is 7.26. The number of nitrogens with one attached hydrogen (secondary N) is 2. The molecule has 4 N–H and O–H groups in total. The first-order valence-corrected chi connectivity index (χ1v) is 9.55. The molecule has 0 aromatic heterocycles. The van der Waals surface area contributed by atoms with E-state index in [1.54, 1.807) is 24.3 Å². The number of carbonyl (C=O) groups excluding carboxylic acids is 1. The van der Waals surface area contributed by atoms with Gasteiger partial charge in [-0.2, -0.15) is 0 Å². The quantitative estimate of drug-likeness (QED) is 0.521. The number of aryl methyl sites for hydroxylation is 1. The zero-order valence-corrected chi connectivity index (χ0v) is 16.3. The molecule has 1 aliphatic rings. The van der Waals surface area contributed by atoms with Crippen LogP contribution in [0.25, 0.3) is 5.70 Å². The van der Waals surface area contributed by atoms with Crippen LogP contribution in [0.5, 0.6) is 0 Å². The normalized spacial score (nSPS) is 14.4. The second-order valence-corrected chi connectivity index (χ2v) is 7.26. The molecule has 3 rings (SSSR count). The van der Waals surface area contributed by atoms with Gasteiger partial charge in [0.2, 0.25) is 0 Å². The summed E-state index contributed by atoms with van der Waals surface area (Å²) in [4.78, 5) is 12.8. The largest absolute Gasteiger partial charge is 0.398 e. The monoisotopic (exact) mass is 379 g/mol. The summed E-state index contributed by atoms with van der Waals surface area (Å²) in [5.74, 6) is -0.448. The van der Waals surface area contributed by atoms with Crippen LogP contribution < -0.4 is 16.4 Å². The van der Waals surface area contributed by atoms with Gasteiger partial charge in [-0.1, -0.05) is 38.1 Å². The Bertz CT molecular complexity index is 914. The summed E-state index contributed by atoms with van der Waals surface area (Å²) in [6, 6.07) is 11.9. The molecule has 2 aromatic rings. The van der Waals surface area contributed by atoms with Gasteiger partial charge in [-0.15, -0.1) is 0 Å². The molecule has 0 radical (unpaired) electrons. The summed E-state index contributed by atoms with van der Waals surface area (Å²) in [5, 5.41) is 6.35. The molecule has 1 heterocycles. The van der Waals surface area contributed by atoms with Gasteiger partial charge in [-0.25, -0.2) is 4.39 Å². The van der Waals surface area contributed by atoms with Gasteiger partial charge in [0.1, 0.15) is 5.82 Å². The summed E-state index contributed by atoms with van der Waals surface area (Å²) in [7, 11) is 0. The maximum atomic E-state index is 13.1. The smallest absolute Gasteiger partial charge is 0.251 e. The molecule has 0 spiro atoms. The van der Waals surface area contributed by atoms with E-state index in [0.29, 0.717) is 16.8 Å². The Labute approximate surface area is 165 Å². The van der Waals surface area contributed by atoms with Crippen molar-refractivity contribution in [2.45, 2.75) is 26.7 Å². The molecule has 1 amide bonds. The molecule has 0 atom stereocenters. The second kappa shape index (κ2) is 8.74. The lowest BCUT2D eigenvalue weighted by Gasteiger charge is -2.19. The third-order valence-corrected chi connectivity index (χ3v) is 4.81. The molecule has 0 fully saturated rings. The van der Waals surface area contributed by atoms with Crippen LogP contribution >= 0.6 is 0 Å². The van der Waals surface area contributed by atoms with Gasteiger partial charge < -0.3 is 16.4 Å². The number of rotatable bonds is 5. The lowest BCUT2D eigenvalue weighted by molar-refractivity contribution is -0.113. The Morgan fingerprint density at radius 3 is 2.64 bits per heavy atom. The van der Waals surface area contributed by atoms with Crippen LogP contribution in [0.4, 0.5) is 15.8 Å². The average molecular weight is 379 g/mol. The number of carbonyl (C=O) groups is 1. The van der Waals surface area contributed by atoms with Crippen LogP contribution in [0.2, 0.25) is 0 Å². The number of amides is 1. The van der Waals surface area contributed by atoms with Crippen molar-refractivity contribution in [1.82, 2.24) is 0 Å². The Hall–Kier alpha value is -3.08. The van der Waals surface area contributed by atoms with Gasteiger partial charge in [0.15, 0.2) is 0 Å². The first-order chi connectivity index (χ1) is 13.4. The fraction of sp³-hybridized carbons (Fsp3) is 0.261. The molecule has 0 saturated heterocycles. The van der Waals surface area contributed by atoms with Crippen LogP contribution in [0, 0.1) is 11.7 Å². The Morgan fingerprint density at radius 2 is 1.93 bits per heavy atom. The third kappa shape index (κ3) is 4.80. The molecule has 0 bridgehead atoms. The van der Waals surface area contributed by atoms with Crippen molar-refractivity contribution in [2.75, 3.05) is 17.2 Å². The van der Waals surface area contributed by atoms with Crippen molar-refractivity contribution in [2.24, 2.45) is 11.7 Å². The van der Waals surface area contributed by atoms with Crippen molar-refractivity contribution < 1.29 is 9.18 Å². The number of nitrogens with two attached hydrogens (primary N) is 1. The van der Waals surface area contributed by atoms with E-state index in [0.717, 1.165) is 30.8 Å². The topological polar surface area (TPSA) is 67.2 Å². The highest BCUT2D eigenvalue weighted by Gasteiger charge is 2.15. The fourth-order valence-corrected chi connectivity index (χ4v) is 3.19. The van der Waals surface area contributed by atoms with Gasteiger partial charge in [0, 0.05) is 29.2 Å². The summed E-state index contributed by atoms with van der Waals surface area (Å²) in [5.41, 5.74) is 11.0. The number of allylic oxidation sites excluding steroid dienone is 2. The van der Waals surface area contributed by atoms with Crippen LogP contribution in [0.15, 0.2) is 60.2 Å². The lowest BCUT2D eigenvalue weighted by Crippen LogP contribution is -2.18. The van der Waals surface area contributed by atoms with Crippen LogP contribution in [0.3, 0.4) is 0 Å². The highest BCUT2D eigenvalue weighted by molar-refractivity contribution is 6.04. The van der Waals surface area contributed by atoms with Crippen LogP contribution in [0.1, 0.15) is 31.4 Å². The highest BCUT2D eigenvalue weighted by atomic mass is 19.1. The van der Waals surface area contributed by atoms with E-state index in [2.05, 4.69) is 16.7 Å².